The van der Waals surface area contributed by atoms with Crippen LogP contribution < -0.4 is 5.32 Å². The van der Waals surface area contributed by atoms with Crippen LogP contribution in [-0.4, -0.2) is 7.05 Å². The van der Waals surface area contributed by atoms with E-state index >= 15 is 0 Å². The molecule has 1 atom stereocenters. The van der Waals surface area contributed by atoms with Crippen molar-refractivity contribution in [1.82, 2.24) is 5.32 Å². The van der Waals surface area contributed by atoms with Gasteiger partial charge in [-0.25, -0.2) is 0 Å². The average molecular weight is 379 g/mol. The number of thiophene rings is 1. The van der Waals surface area contributed by atoms with Crippen LogP contribution in [0, 0.1) is 13.8 Å². The molecular formula is C12H13Br2NOS. The Kier molecular flexibility index (Phi) is 4.13. The Labute approximate surface area is 122 Å². The van der Waals surface area contributed by atoms with Gasteiger partial charge >= 0.3 is 0 Å². The summed E-state index contributed by atoms with van der Waals surface area (Å²) in [5, 5.41) is 3.34. The second-order valence-electron chi connectivity index (χ2n) is 3.87. The van der Waals surface area contributed by atoms with Gasteiger partial charge in [0.15, 0.2) is 0 Å². The zero-order valence-corrected chi connectivity index (χ0v) is 13.8. The molecule has 0 spiro atoms. The minimum Gasteiger partial charge on any atom is -0.466 e. The predicted molar refractivity (Wildman–Crippen MR) is 78.8 cm³/mol. The van der Waals surface area contributed by atoms with Crippen LogP contribution in [0.4, 0.5) is 0 Å². The second kappa shape index (κ2) is 5.26. The highest BCUT2D eigenvalue weighted by atomic mass is 79.9. The molecule has 0 saturated heterocycles. The summed E-state index contributed by atoms with van der Waals surface area (Å²) in [5.74, 6) is 1.92. The molecule has 0 aromatic carbocycles. The zero-order chi connectivity index (χ0) is 12.6. The zero-order valence-electron chi connectivity index (χ0n) is 9.80. The third-order valence-corrected chi connectivity index (χ3v) is 5.06. The van der Waals surface area contributed by atoms with Crippen molar-refractivity contribution in [3.05, 3.63) is 42.4 Å². The van der Waals surface area contributed by atoms with Crippen molar-refractivity contribution in [2.75, 3.05) is 7.05 Å². The molecule has 0 radical (unpaired) electrons. The summed E-state index contributed by atoms with van der Waals surface area (Å²) in [6, 6.07) is 4.39. The van der Waals surface area contributed by atoms with Gasteiger partial charge in [-0.05, 0) is 70.5 Å². The first kappa shape index (κ1) is 13.3. The molecule has 0 aliphatic heterocycles. The van der Waals surface area contributed by atoms with Crippen LogP contribution in [-0.2, 0) is 0 Å². The number of aryl methyl sites for hydroxylation is 2. The smallest absolute Gasteiger partial charge is 0.106 e. The van der Waals surface area contributed by atoms with E-state index < -0.39 is 0 Å². The average Bonchev–Trinajstić information content (AvgIpc) is 2.73. The van der Waals surface area contributed by atoms with Gasteiger partial charge in [0, 0.05) is 5.56 Å². The first-order chi connectivity index (χ1) is 8.02. The molecule has 0 bridgehead atoms. The number of nitrogens with one attached hydrogen (secondary N) is 1. The number of hydrogen-bond acceptors (Lipinski definition) is 3. The van der Waals surface area contributed by atoms with Crippen molar-refractivity contribution in [1.29, 1.82) is 0 Å². The van der Waals surface area contributed by atoms with E-state index in [0.29, 0.717) is 0 Å². The maximum Gasteiger partial charge on any atom is 0.106 e. The molecule has 2 nitrogen and oxygen atoms in total. The molecular weight excluding hydrogens is 366 g/mol. The van der Waals surface area contributed by atoms with Crippen LogP contribution in [0.5, 0.6) is 0 Å². The summed E-state index contributed by atoms with van der Waals surface area (Å²) >= 11 is 8.80. The molecule has 2 heterocycles. The van der Waals surface area contributed by atoms with E-state index in [1.807, 2.05) is 20.9 Å². The lowest BCUT2D eigenvalue weighted by atomic mass is 10.0. The summed E-state index contributed by atoms with van der Waals surface area (Å²) < 4.78 is 7.87. The van der Waals surface area contributed by atoms with Crippen molar-refractivity contribution in [2.45, 2.75) is 19.9 Å². The van der Waals surface area contributed by atoms with Crippen LogP contribution >= 0.6 is 43.2 Å². The van der Waals surface area contributed by atoms with E-state index in [-0.39, 0.29) is 6.04 Å². The van der Waals surface area contributed by atoms with Crippen LogP contribution in [0.2, 0.25) is 0 Å². The molecule has 0 aliphatic rings. The van der Waals surface area contributed by atoms with Gasteiger partial charge in [0.25, 0.3) is 0 Å². The van der Waals surface area contributed by atoms with E-state index in [9.17, 15) is 0 Å². The van der Waals surface area contributed by atoms with Gasteiger partial charge in [0.1, 0.15) is 11.5 Å². The van der Waals surface area contributed by atoms with Crippen molar-refractivity contribution < 1.29 is 4.42 Å². The fourth-order valence-corrected chi connectivity index (χ4v) is 4.87. The lowest BCUT2D eigenvalue weighted by Gasteiger charge is -2.14. The van der Waals surface area contributed by atoms with Crippen molar-refractivity contribution in [3.8, 4) is 0 Å². The normalized spacial score (nSPS) is 13.0. The Balaban J connectivity index is 2.47. The van der Waals surface area contributed by atoms with E-state index in [0.717, 1.165) is 19.1 Å². The Morgan fingerprint density at radius 1 is 1.24 bits per heavy atom. The monoisotopic (exact) mass is 377 g/mol. The van der Waals surface area contributed by atoms with Gasteiger partial charge in [0.05, 0.1) is 13.6 Å². The number of halogens is 2. The first-order valence-corrected chi connectivity index (χ1v) is 7.62. The highest BCUT2D eigenvalue weighted by Gasteiger charge is 2.21. The Hall–Kier alpha value is -0.100. The fourth-order valence-electron chi connectivity index (χ4n) is 1.97. The lowest BCUT2D eigenvalue weighted by Crippen LogP contribution is -2.17. The highest BCUT2D eigenvalue weighted by molar-refractivity contribution is 9.12. The predicted octanol–water partition coefficient (Wildman–Crippen LogP) is 4.79. The Morgan fingerprint density at radius 2 is 1.94 bits per heavy atom. The number of rotatable bonds is 3. The van der Waals surface area contributed by atoms with Crippen molar-refractivity contribution in [2.24, 2.45) is 0 Å². The third-order valence-electron chi connectivity index (χ3n) is 2.67. The highest BCUT2D eigenvalue weighted by Crippen LogP contribution is 2.38. The Morgan fingerprint density at radius 3 is 2.35 bits per heavy atom. The summed E-state index contributed by atoms with van der Waals surface area (Å²) in [4.78, 5) is 0. The molecule has 2 aromatic heterocycles. The maximum absolute atomic E-state index is 5.60. The molecule has 0 saturated carbocycles. The van der Waals surface area contributed by atoms with E-state index in [1.54, 1.807) is 11.3 Å². The van der Waals surface area contributed by atoms with Gasteiger partial charge in [0.2, 0.25) is 0 Å². The largest absolute Gasteiger partial charge is 0.466 e. The van der Waals surface area contributed by atoms with Crippen LogP contribution in [0.15, 0.2) is 24.1 Å². The summed E-state index contributed by atoms with van der Waals surface area (Å²) in [5.41, 5.74) is 2.42. The van der Waals surface area contributed by atoms with Gasteiger partial charge < -0.3 is 9.73 Å². The molecule has 1 N–H and O–H groups in total. The molecule has 0 fully saturated rings. The van der Waals surface area contributed by atoms with Gasteiger partial charge in [-0.1, -0.05) is 0 Å². The van der Waals surface area contributed by atoms with Crippen molar-refractivity contribution in [3.63, 3.8) is 0 Å². The van der Waals surface area contributed by atoms with Crippen molar-refractivity contribution >= 4 is 43.2 Å². The van der Waals surface area contributed by atoms with Crippen LogP contribution in [0.1, 0.15) is 28.7 Å². The number of furan rings is 1. The topological polar surface area (TPSA) is 25.2 Å². The SMILES string of the molecule is CNC(c1cc(C)oc1C)c1cc(Br)sc1Br. The maximum atomic E-state index is 5.60. The van der Waals surface area contributed by atoms with Crippen LogP contribution in [0.25, 0.3) is 0 Å². The molecule has 1 unspecified atom stereocenters. The molecule has 5 heteroatoms. The number of hydrogen-bond donors (Lipinski definition) is 1. The molecule has 17 heavy (non-hydrogen) atoms. The summed E-state index contributed by atoms with van der Waals surface area (Å²) in [6.07, 6.45) is 0. The summed E-state index contributed by atoms with van der Waals surface area (Å²) in [6.45, 7) is 3.98. The van der Waals surface area contributed by atoms with Gasteiger partial charge in [-0.2, -0.15) is 0 Å². The summed E-state index contributed by atoms with van der Waals surface area (Å²) in [7, 11) is 1.96. The molecule has 2 rings (SSSR count). The second-order valence-corrected chi connectivity index (χ2v) is 7.62. The third kappa shape index (κ3) is 2.67. The fraction of sp³-hybridized carbons (Fsp3) is 0.333. The standard InChI is InChI=1S/C12H13Br2NOS/c1-6-4-8(7(2)16-6)11(15-3)9-5-10(13)17-12(9)14/h4-5,11,15H,1-3H3. The van der Waals surface area contributed by atoms with Gasteiger partial charge in [-0.15, -0.1) is 11.3 Å². The van der Waals surface area contributed by atoms with E-state index in [1.165, 1.54) is 11.1 Å². The molecule has 0 amide bonds. The van der Waals surface area contributed by atoms with Gasteiger partial charge in [-0.3, -0.25) is 0 Å². The molecule has 0 aliphatic carbocycles. The minimum absolute atomic E-state index is 0.157. The Bertz CT molecular complexity index is 486. The first-order valence-electron chi connectivity index (χ1n) is 5.22. The van der Waals surface area contributed by atoms with Crippen LogP contribution in [0.3, 0.4) is 0 Å². The van der Waals surface area contributed by atoms with E-state index in [4.69, 9.17) is 4.42 Å². The molecule has 2 aromatic rings. The lowest BCUT2D eigenvalue weighted by molar-refractivity contribution is 0.497. The quantitative estimate of drug-likeness (QED) is 0.830. The minimum atomic E-state index is 0.157. The van der Waals surface area contributed by atoms with E-state index in [2.05, 4.69) is 49.3 Å². The molecule has 92 valence electrons.